The molecule has 29 heavy (non-hydrogen) atoms. The normalized spacial score (nSPS) is 11.4. The first-order valence-electron chi connectivity index (χ1n) is 10.1. The second kappa shape index (κ2) is 7.95. The van der Waals surface area contributed by atoms with E-state index in [1.807, 2.05) is 29.7 Å². The van der Waals surface area contributed by atoms with E-state index in [2.05, 4.69) is 46.5 Å². The highest BCUT2D eigenvalue weighted by atomic mass is 16.2. The summed E-state index contributed by atoms with van der Waals surface area (Å²) < 4.78 is 3.45. The smallest absolute Gasteiger partial charge is 0.330 e. The van der Waals surface area contributed by atoms with Crippen LogP contribution in [0.5, 0.6) is 0 Å². The third-order valence-electron chi connectivity index (χ3n) is 5.22. The quantitative estimate of drug-likeness (QED) is 0.505. The first kappa shape index (κ1) is 19.0. The minimum absolute atomic E-state index is 0.385. The summed E-state index contributed by atoms with van der Waals surface area (Å²) in [6.45, 7) is 5.64. The zero-order valence-corrected chi connectivity index (χ0v) is 16.7. The Morgan fingerprint density at radius 1 is 1.03 bits per heavy atom. The van der Waals surface area contributed by atoms with Crippen molar-refractivity contribution in [2.24, 2.45) is 0 Å². The molecule has 0 unspecified atom stereocenters. The molecule has 7 nitrogen and oxygen atoms in total. The molecule has 0 amide bonds. The van der Waals surface area contributed by atoms with Gasteiger partial charge in [-0.25, -0.2) is 9.78 Å². The standard InChI is InChI=1S/C22H25N5O2/c1-3-5-12-27-20-19(21(28)25-22(27)29)26(4-2)18(24-20)14-23-17-11-10-15-8-6-7-9-16(15)13-17/h6-11,13,23H,3-5,12,14H2,1-2H3,(H,25,28,29). The van der Waals surface area contributed by atoms with Gasteiger partial charge >= 0.3 is 5.69 Å². The monoisotopic (exact) mass is 391 g/mol. The number of nitrogens with zero attached hydrogens (tertiary/aromatic N) is 3. The number of aryl methyl sites for hydroxylation is 2. The Labute approximate surface area is 168 Å². The van der Waals surface area contributed by atoms with Crippen LogP contribution in [-0.2, 0) is 19.6 Å². The highest BCUT2D eigenvalue weighted by molar-refractivity contribution is 5.85. The number of fused-ring (bicyclic) bond motifs is 2. The van der Waals surface area contributed by atoms with E-state index < -0.39 is 5.69 Å². The lowest BCUT2D eigenvalue weighted by Gasteiger charge is -2.09. The summed E-state index contributed by atoms with van der Waals surface area (Å²) in [7, 11) is 0. The van der Waals surface area contributed by atoms with Crippen LogP contribution in [-0.4, -0.2) is 19.1 Å². The van der Waals surface area contributed by atoms with Crippen LogP contribution in [0.15, 0.2) is 52.1 Å². The van der Waals surface area contributed by atoms with Crippen LogP contribution >= 0.6 is 0 Å². The molecule has 0 atom stereocenters. The third-order valence-corrected chi connectivity index (χ3v) is 5.22. The maximum atomic E-state index is 12.5. The molecule has 4 aromatic rings. The summed E-state index contributed by atoms with van der Waals surface area (Å²) in [6, 6.07) is 14.4. The number of rotatable bonds is 7. The molecule has 0 radical (unpaired) electrons. The Hall–Kier alpha value is -3.35. The van der Waals surface area contributed by atoms with Gasteiger partial charge in [-0.05, 0) is 36.2 Å². The topological polar surface area (TPSA) is 84.7 Å². The second-order valence-corrected chi connectivity index (χ2v) is 7.12. The van der Waals surface area contributed by atoms with Gasteiger partial charge in [-0.1, -0.05) is 43.7 Å². The maximum absolute atomic E-state index is 12.5. The van der Waals surface area contributed by atoms with Gasteiger partial charge in [0.25, 0.3) is 5.56 Å². The number of H-pyrrole nitrogens is 1. The molecule has 0 aliphatic heterocycles. The zero-order valence-electron chi connectivity index (χ0n) is 16.7. The molecule has 0 fully saturated rings. The molecule has 0 bridgehead atoms. The molecular formula is C22H25N5O2. The van der Waals surface area contributed by atoms with Crippen molar-refractivity contribution in [2.45, 2.75) is 46.3 Å². The van der Waals surface area contributed by atoms with Crippen molar-refractivity contribution < 1.29 is 0 Å². The minimum atomic E-state index is -0.397. The van der Waals surface area contributed by atoms with Crippen LogP contribution in [0.3, 0.4) is 0 Å². The zero-order chi connectivity index (χ0) is 20.4. The number of hydrogen-bond acceptors (Lipinski definition) is 4. The summed E-state index contributed by atoms with van der Waals surface area (Å²) in [4.78, 5) is 31.9. The van der Waals surface area contributed by atoms with Crippen molar-refractivity contribution in [3.63, 3.8) is 0 Å². The number of aromatic amines is 1. The fraction of sp³-hybridized carbons (Fsp3) is 0.318. The SMILES string of the molecule is CCCCn1c(=O)[nH]c(=O)c2c1nc(CNc1ccc3ccccc3c1)n2CC. The van der Waals surface area contributed by atoms with Crippen LogP contribution in [0.25, 0.3) is 21.9 Å². The summed E-state index contributed by atoms with van der Waals surface area (Å²) in [6.07, 6.45) is 1.81. The van der Waals surface area contributed by atoms with E-state index >= 15 is 0 Å². The van der Waals surface area contributed by atoms with Gasteiger partial charge in [0.05, 0.1) is 6.54 Å². The van der Waals surface area contributed by atoms with Gasteiger partial charge in [0.1, 0.15) is 5.82 Å². The molecule has 0 spiro atoms. The number of unbranched alkanes of at least 4 members (excludes halogenated alkanes) is 1. The summed E-state index contributed by atoms with van der Waals surface area (Å²) in [5, 5.41) is 5.75. The lowest BCUT2D eigenvalue weighted by atomic mass is 10.1. The van der Waals surface area contributed by atoms with Gasteiger partial charge in [0.2, 0.25) is 0 Å². The Morgan fingerprint density at radius 3 is 2.59 bits per heavy atom. The van der Waals surface area contributed by atoms with E-state index in [1.54, 1.807) is 4.57 Å². The van der Waals surface area contributed by atoms with Gasteiger partial charge in [0.15, 0.2) is 11.2 Å². The van der Waals surface area contributed by atoms with E-state index in [0.717, 1.165) is 29.7 Å². The second-order valence-electron chi connectivity index (χ2n) is 7.12. The van der Waals surface area contributed by atoms with E-state index in [-0.39, 0.29) is 5.56 Å². The first-order chi connectivity index (χ1) is 14.1. The molecule has 0 aliphatic carbocycles. The summed E-state index contributed by atoms with van der Waals surface area (Å²) in [5.41, 5.74) is 1.12. The Bertz CT molecular complexity index is 1280. The van der Waals surface area contributed by atoms with Crippen LogP contribution in [0.2, 0.25) is 0 Å². The molecule has 2 heterocycles. The molecule has 0 saturated heterocycles. The van der Waals surface area contributed by atoms with Gasteiger partial charge in [0, 0.05) is 18.8 Å². The molecule has 7 heteroatoms. The predicted molar refractivity (Wildman–Crippen MR) is 116 cm³/mol. The molecule has 2 aromatic carbocycles. The fourth-order valence-electron chi connectivity index (χ4n) is 3.70. The molecular weight excluding hydrogens is 366 g/mol. The van der Waals surface area contributed by atoms with Gasteiger partial charge in [-0.15, -0.1) is 0 Å². The van der Waals surface area contributed by atoms with Crippen molar-refractivity contribution in [1.82, 2.24) is 19.1 Å². The largest absolute Gasteiger partial charge is 0.378 e. The molecule has 2 aromatic heterocycles. The first-order valence-corrected chi connectivity index (χ1v) is 10.1. The molecule has 150 valence electrons. The lowest BCUT2D eigenvalue weighted by Crippen LogP contribution is -2.31. The Kier molecular flexibility index (Phi) is 5.20. The maximum Gasteiger partial charge on any atom is 0.330 e. The van der Waals surface area contributed by atoms with Crippen molar-refractivity contribution in [1.29, 1.82) is 0 Å². The Balaban J connectivity index is 1.71. The van der Waals surface area contributed by atoms with Gasteiger partial charge in [-0.2, -0.15) is 0 Å². The van der Waals surface area contributed by atoms with Crippen molar-refractivity contribution >= 4 is 27.6 Å². The van der Waals surface area contributed by atoms with Crippen LogP contribution < -0.4 is 16.6 Å². The molecule has 0 saturated carbocycles. The number of benzene rings is 2. The highest BCUT2D eigenvalue weighted by Gasteiger charge is 2.17. The van der Waals surface area contributed by atoms with Crippen LogP contribution in [0.1, 0.15) is 32.5 Å². The highest BCUT2D eigenvalue weighted by Crippen LogP contribution is 2.20. The molecule has 4 rings (SSSR count). The van der Waals surface area contributed by atoms with Gasteiger partial charge < -0.3 is 9.88 Å². The predicted octanol–water partition coefficient (Wildman–Crippen LogP) is 3.47. The molecule has 2 N–H and O–H groups in total. The summed E-state index contributed by atoms with van der Waals surface area (Å²) >= 11 is 0. The summed E-state index contributed by atoms with van der Waals surface area (Å²) in [5.74, 6) is 0.733. The van der Waals surface area contributed by atoms with Crippen molar-refractivity contribution in [3.8, 4) is 0 Å². The van der Waals surface area contributed by atoms with E-state index in [1.165, 1.54) is 5.39 Å². The number of hydrogen-bond donors (Lipinski definition) is 2. The molecule has 0 aliphatic rings. The van der Waals surface area contributed by atoms with E-state index in [0.29, 0.717) is 30.8 Å². The number of imidazole rings is 1. The number of nitrogens with one attached hydrogen (secondary N) is 2. The third kappa shape index (κ3) is 3.55. The van der Waals surface area contributed by atoms with Crippen molar-refractivity contribution in [3.05, 3.63) is 69.1 Å². The van der Waals surface area contributed by atoms with Crippen LogP contribution in [0, 0.1) is 0 Å². The van der Waals surface area contributed by atoms with Crippen molar-refractivity contribution in [2.75, 3.05) is 5.32 Å². The number of aromatic nitrogens is 4. The number of anilines is 1. The average molecular weight is 391 g/mol. The lowest BCUT2D eigenvalue weighted by molar-refractivity contribution is 0.613. The van der Waals surface area contributed by atoms with E-state index in [4.69, 9.17) is 0 Å². The average Bonchev–Trinajstić information content (AvgIpc) is 3.11. The Morgan fingerprint density at radius 2 is 1.83 bits per heavy atom. The van der Waals surface area contributed by atoms with E-state index in [9.17, 15) is 9.59 Å². The van der Waals surface area contributed by atoms with Crippen LogP contribution in [0.4, 0.5) is 5.69 Å². The van der Waals surface area contributed by atoms with Gasteiger partial charge in [-0.3, -0.25) is 14.3 Å². The fourth-order valence-corrected chi connectivity index (χ4v) is 3.70. The minimum Gasteiger partial charge on any atom is -0.378 e.